The Hall–Kier alpha value is -2.90. The molecule has 8 nitrogen and oxygen atoms in total. The molecule has 0 aromatic carbocycles. The molecule has 0 atom stereocenters. The standard InChI is InChI=1S/C12H10N4O4/c17-15(18)11-3-5-13-7-9(11)1-2-10-8-14-6-4-12(10)16(19)20/h3-8H,1-2H2. The van der Waals surface area contributed by atoms with Crippen molar-refractivity contribution in [3.05, 3.63) is 68.3 Å². The highest BCUT2D eigenvalue weighted by Gasteiger charge is 2.16. The van der Waals surface area contributed by atoms with E-state index in [4.69, 9.17) is 0 Å². The number of nitro groups is 2. The summed E-state index contributed by atoms with van der Waals surface area (Å²) in [7, 11) is 0. The van der Waals surface area contributed by atoms with Crippen LogP contribution in [0.1, 0.15) is 11.1 Å². The number of nitrogens with zero attached hydrogens (tertiary/aromatic N) is 4. The monoisotopic (exact) mass is 274 g/mol. The topological polar surface area (TPSA) is 112 Å². The molecule has 102 valence electrons. The van der Waals surface area contributed by atoms with Crippen LogP contribution in [-0.4, -0.2) is 19.8 Å². The maximum absolute atomic E-state index is 10.9. The molecule has 2 aromatic rings. The molecule has 0 spiro atoms. The average Bonchev–Trinajstić information content (AvgIpc) is 2.45. The minimum atomic E-state index is -0.491. The fraction of sp³-hybridized carbons (Fsp3) is 0.167. The van der Waals surface area contributed by atoms with Crippen LogP contribution in [0.2, 0.25) is 0 Å². The van der Waals surface area contributed by atoms with Gasteiger partial charge in [-0.3, -0.25) is 30.2 Å². The van der Waals surface area contributed by atoms with E-state index >= 15 is 0 Å². The first-order valence-electron chi connectivity index (χ1n) is 5.74. The highest BCUT2D eigenvalue weighted by Crippen LogP contribution is 2.22. The third-order valence-corrected chi connectivity index (χ3v) is 2.81. The minimum absolute atomic E-state index is 0.0356. The molecule has 0 aliphatic heterocycles. The van der Waals surface area contributed by atoms with Gasteiger partial charge in [0.15, 0.2) is 0 Å². The summed E-state index contributed by atoms with van der Waals surface area (Å²) < 4.78 is 0. The smallest absolute Gasteiger partial charge is 0.264 e. The van der Waals surface area contributed by atoms with Crippen molar-refractivity contribution in [2.75, 3.05) is 0 Å². The molecular formula is C12H10N4O4. The number of pyridine rings is 2. The van der Waals surface area contributed by atoms with Crippen molar-refractivity contribution in [3.8, 4) is 0 Å². The lowest BCUT2D eigenvalue weighted by Gasteiger charge is -2.03. The molecule has 2 heterocycles. The Labute approximate surface area is 113 Å². The lowest BCUT2D eigenvalue weighted by atomic mass is 10.0. The minimum Gasteiger partial charge on any atom is -0.264 e. The zero-order valence-electron chi connectivity index (χ0n) is 10.3. The van der Waals surface area contributed by atoms with Gasteiger partial charge in [-0.1, -0.05) is 0 Å². The number of aromatic nitrogens is 2. The summed E-state index contributed by atoms with van der Waals surface area (Å²) in [5, 5.41) is 21.7. The normalized spacial score (nSPS) is 10.2. The SMILES string of the molecule is O=[N+]([O-])c1ccncc1CCc1cnccc1[N+](=O)[O-]. The third kappa shape index (κ3) is 2.91. The van der Waals surface area contributed by atoms with Crippen LogP contribution >= 0.6 is 0 Å². The Morgan fingerprint density at radius 3 is 1.60 bits per heavy atom. The molecule has 0 aliphatic carbocycles. The van der Waals surface area contributed by atoms with Crippen LogP contribution in [0.5, 0.6) is 0 Å². The fourth-order valence-electron chi connectivity index (χ4n) is 1.85. The predicted octanol–water partition coefficient (Wildman–Crippen LogP) is 2.08. The molecule has 2 rings (SSSR count). The molecule has 0 N–H and O–H groups in total. The van der Waals surface area contributed by atoms with Gasteiger partial charge in [0.2, 0.25) is 0 Å². The summed E-state index contributed by atoms with van der Waals surface area (Å²) in [6.07, 6.45) is 6.07. The van der Waals surface area contributed by atoms with E-state index in [-0.39, 0.29) is 24.2 Å². The van der Waals surface area contributed by atoms with Gasteiger partial charge >= 0.3 is 0 Å². The van der Waals surface area contributed by atoms with E-state index in [2.05, 4.69) is 9.97 Å². The van der Waals surface area contributed by atoms with E-state index in [0.717, 1.165) is 0 Å². The fourth-order valence-corrected chi connectivity index (χ4v) is 1.85. The molecular weight excluding hydrogens is 264 g/mol. The van der Waals surface area contributed by atoms with Gasteiger partial charge in [-0.2, -0.15) is 0 Å². The number of rotatable bonds is 5. The Kier molecular flexibility index (Phi) is 3.94. The second kappa shape index (κ2) is 5.83. The van der Waals surface area contributed by atoms with Crippen molar-refractivity contribution < 1.29 is 9.85 Å². The van der Waals surface area contributed by atoms with Crippen LogP contribution in [0.3, 0.4) is 0 Å². The molecule has 2 aromatic heterocycles. The maximum atomic E-state index is 10.9. The summed E-state index contributed by atoms with van der Waals surface area (Å²) in [5.74, 6) is 0. The van der Waals surface area contributed by atoms with Crippen molar-refractivity contribution in [2.45, 2.75) is 12.8 Å². The Bertz CT molecular complexity index is 602. The summed E-state index contributed by atoms with van der Waals surface area (Å²) in [6.45, 7) is 0. The summed E-state index contributed by atoms with van der Waals surface area (Å²) in [5.41, 5.74) is 0.810. The van der Waals surface area contributed by atoms with E-state index in [1.807, 2.05) is 0 Å². The van der Waals surface area contributed by atoms with E-state index in [0.29, 0.717) is 11.1 Å². The van der Waals surface area contributed by atoms with E-state index in [1.54, 1.807) is 0 Å². The molecule has 0 fully saturated rings. The lowest BCUT2D eigenvalue weighted by Crippen LogP contribution is -2.01. The maximum Gasteiger partial charge on any atom is 0.275 e. The Morgan fingerprint density at radius 1 is 0.850 bits per heavy atom. The lowest BCUT2D eigenvalue weighted by molar-refractivity contribution is -0.386. The molecule has 0 unspecified atom stereocenters. The van der Waals surface area contributed by atoms with Gasteiger partial charge < -0.3 is 0 Å². The predicted molar refractivity (Wildman–Crippen MR) is 69.2 cm³/mol. The van der Waals surface area contributed by atoms with Crippen LogP contribution in [-0.2, 0) is 12.8 Å². The molecule has 0 radical (unpaired) electrons. The highest BCUT2D eigenvalue weighted by atomic mass is 16.6. The van der Waals surface area contributed by atoms with Gasteiger partial charge in [0.1, 0.15) is 0 Å². The number of hydrogen-bond donors (Lipinski definition) is 0. The first-order valence-corrected chi connectivity index (χ1v) is 5.74. The van der Waals surface area contributed by atoms with E-state index in [9.17, 15) is 20.2 Å². The first-order chi connectivity index (χ1) is 9.59. The number of hydrogen-bond acceptors (Lipinski definition) is 6. The van der Waals surface area contributed by atoms with Crippen LogP contribution in [0.15, 0.2) is 36.9 Å². The second-order valence-corrected chi connectivity index (χ2v) is 4.02. The first kappa shape index (κ1) is 13.5. The van der Waals surface area contributed by atoms with Crippen molar-refractivity contribution in [1.29, 1.82) is 0 Å². The molecule has 0 saturated carbocycles. The largest absolute Gasteiger partial charge is 0.275 e. The molecule has 0 amide bonds. The van der Waals surface area contributed by atoms with Crippen molar-refractivity contribution in [3.63, 3.8) is 0 Å². The summed E-state index contributed by atoms with van der Waals surface area (Å²) in [4.78, 5) is 28.4. The third-order valence-electron chi connectivity index (χ3n) is 2.81. The van der Waals surface area contributed by atoms with Crippen molar-refractivity contribution in [2.24, 2.45) is 0 Å². The van der Waals surface area contributed by atoms with Gasteiger partial charge in [-0.15, -0.1) is 0 Å². The van der Waals surface area contributed by atoms with Crippen molar-refractivity contribution in [1.82, 2.24) is 9.97 Å². The quantitative estimate of drug-likeness (QED) is 0.609. The Morgan fingerprint density at radius 2 is 1.25 bits per heavy atom. The zero-order chi connectivity index (χ0) is 14.5. The molecule has 0 aliphatic rings. The molecule has 8 heteroatoms. The van der Waals surface area contributed by atoms with E-state index < -0.39 is 9.85 Å². The molecule has 20 heavy (non-hydrogen) atoms. The van der Waals surface area contributed by atoms with Gasteiger partial charge in [0.25, 0.3) is 11.4 Å². The van der Waals surface area contributed by atoms with Crippen LogP contribution in [0.25, 0.3) is 0 Å². The van der Waals surface area contributed by atoms with Crippen LogP contribution in [0.4, 0.5) is 11.4 Å². The summed E-state index contributed by atoms with van der Waals surface area (Å²) in [6, 6.07) is 2.62. The average molecular weight is 274 g/mol. The van der Waals surface area contributed by atoms with Crippen LogP contribution < -0.4 is 0 Å². The van der Waals surface area contributed by atoms with Crippen LogP contribution in [0, 0.1) is 20.2 Å². The molecule has 0 saturated heterocycles. The second-order valence-electron chi connectivity index (χ2n) is 4.02. The summed E-state index contributed by atoms with van der Waals surface area (Å²) >= 11 is 0. The highest BCUT2D eigenvalue weighted by molar-refractivity contribution is 5.41. The van der Waals surface area contributed by atoms with Gasteiger partial charge in [0.05, 0.1) is 9.85 Å². The van der Waals surface area contributed by atoms with Crippen molar-refractivity contribution >= 4 is 11.4 Å². The van der Waals surface area contributed by atoms with Gasteiger partial charge in [-0.25, -0.2) is 0 Å². The number of aryl methyl sites for hydroxylation is 2. The van der Waals surface area contributed by atoms with E-state index in [1.165, 1.54) is 36.9 Å². The van der Waals surface area contributed by atoms with Gasteiger partial charge in [-0.05, 0) is 12.8 Å². The molecule has 0 bridgehead atoms. The Balaban J connectivity index is 2.22. The van der Waals surface area contributed by atoms with Gasteiger partial charge in [0, 0.05) is 48.0 Å². The zero-order valence-corrected chi connectivity index (χ0v) is 10.3.